The third kappa shape index (κ3) is 3.08. The van der Waals surface area contributed by atoms with Crippen LogP contribution in [-0.4, -0.2) is 36.1 Å². The number of fused-ring (bicyclic) bond motifs is 1. The molecule has 1 aliphatic rings. The molecule has 1 unspecified atom stereocenters. The lowest BCUT2D eigenvalue weighted by atomic mass is 10.0. The third-order valence-electron chi connectivity index (χ3n) is 4.31. The van der Waals surface area contributed by atoms with Crippen molar-refractivity contribution in [2.24, 2.45) is 0 Å². The van der Waals surface area contributed by atoms with Gasteiger partial charge in [0.15, 0.2) is 11.6 Å². The van der Waals surface area contributed by atoms with E-state index in [2.05, 4.69) is 10.3 Å². The Hall–Kier alpha value is -3.09. The third-order valence-corrected chi connectivity index (χ3v) is 4.31. The van der Waals surface area contributed by atoms with Gasteiger partial charge in [-0.2, -0.15) is 0 Å². The molecule has 26 heavy (non-hydrogen) atoms. The van der Waals surface area contributed by atoms with Crippen LogP contribution in [0.15, 0.2) is 42.6 Å². The van der Waals surface area contributed by atoms with Crippen LogP contribution < -0.4 is 19.7 Å². The highest BCUT2D eigenvalue weighted by atomic mass is 16.5. The van der Waals surface area contributed by atoms with E-state index in [0.29, 0.717) is 23.9 Å². The molecule has 1 aromatic carbocycles. The molecular weight excluding hydrogens is 334 g/mol. The Morgan fingerprint density at radius 1 is 1.35 bits per heavy atom. The fraction of sp³-hybridized carbons (Fsp3) is 0.316. The van der Waals surface area contributed by atoms with Crippen molar-refractivity contribution in [3.8, 4) is 11.5 Å². The minimum atomic E-state index is -1.65. The standard InChI is InChI=1S/C19H21N3O4/c1-4-22-16-15(9-6-10-20-16)26-19(2,18(22)24)17(23)21-12-13-7-5-8-14(11-13)25-3/h5-11H,4,12H2,1-3H3,(H,21,23). The first-order chi connectivity index (χ1) is 12.5. The van der Waals surface area contributed by atoms with Crippen molar-refractivity contribution in [3.05, 3.63) is 48.2 Å². The number of carbonyl (C=O) groups is 2. The molecular formula is C19H21N3O4. The zero-order valence-electron chi connectivity index (χ0n) is 15.0. The van der Waals surface area contributed by atoms with Gasteiger partial charge < -0.3 is 14.8 Å². The molecule has 1 aliphatic heterocycles. The van der Waals surface area contributed by atoms with Crippen molar-refractivity contribution in [1.82, 2.24) is 10.3 Å². The molecule has 1 atom stereocenters. The van der Waals surface area contributed by atoms with E-state index in [1.807, 2.05) is 31.2 Å². The molecule has 1 aromatic heterocycles. The lowest BCUT2D eigenvalue weighted by Gasteiger charge is -2.38. The predicted octanol–water partition coefficient (Wildman–Crippen LogP) is 1.91. The smallest absolute Gasteiger partial charge is 0.282 e. The van der Waals surface area contributed by atoms with Crippen molar-refractivity contribution in [3.63, 3.8) is 0 Å². The number of benzene rings is 1. The van der Waals surface area contributed by atoms with Crippen LogP contribution in [0.3, 0.4) is 0 Å². The number of nitrogens with zero attached hydrogens (tertiary/aromatic N) is 2. The van der Waals surface area contributed by atoms with Crippen molar-refractivity contribution >= 4 is 17.6 Å². The van der Waals surface area contributed by atoms with Crippen LogP contribution in [0.5, 0.6) is 11.5 Å². The maximum absolute atomic E-state index is 12.9. The second-order valence-electron chi connectivity index (χ2n) is 6.04. The van der Waals surface area contributed by atoms with E-state index in [1.54, 1.807) is 25.4 Å². The van der Waals surface area contributed by atoms with E-state index in [1.165, 1.54) is 11.8 Å². The molecule has 0 radical (unpaired) electrons. The zero-order chi connectivity index (χ0) is 18.7. The Morgan fingerprint density at radius 3 is 2.88 bits per heavy atom. The number of aromatic nitrogens is 1. The average molecular weight is 355 g/mol. The van der Waals surface area contributed by atoms with Crippen molar-refractivity contribution < 1.29 is 19.1 Å². The monoisotopic (exact) mass is 355 g/mol. The number of pyridine rings is 1. The summed E-state index contributed by atoms with van der Waals surface area (Å²) in [5.74, 6) is 0.601. The number of amides is 2. The molecule has 0 bridgehead atoms. The summed E-state index contributed by atoms with van der Waals surface area (Å²) in [5, 5.41) is 2.78. The van der Waals surface area contributed by atoms with Gasteiger partial charge >= 0.3 is 0 Å². The molecule has 2 heterocycles. The number of anilines is 1. The fourth-order valence-corrected chi connectivity index (χ4v) is 2.85. The van der Waals surface area contributed by atoms with Crippen LogP contribution in [-0.2, 0) is 16.1 Å². The maximum Gasteiger partial charge on any atom is 0.282 e. The molecule has 0 saturated carbocycles. The number of ether oxygens (including phenoxy) is 2. The molecule has 0 spiro atoms. The van der Waals surface area contributed by atoms with E-state index >= 15 is 0 Å². The number of hydrogen-bond donors (Lipinski definition) is 1. The summed E-state index contributed by atoms with van der Waals surface area (Å²) in [5.41, 5.74) is -0.788. The SMILES string of the molecule is CCN1C(=O)C(C)(C(=O)NCc2cccc(OC)c2)Oc2cccnc21. The molecule has 7 heteroatoms. The van der Waals surface area contributed by atoms with Crippen LogP contribution in [0.25, 0.3) is 0 Å². The van der Waals surface area contributed by atoms with Crippen LogP contribution in [0.4, 0.5) is 5.82 Å². The predicted molar refractivity (Wildman–Crippen MR) is 96.1 cm³/mol. The Labute approximate surface area is 151 Å². The van der Waals surface area contributed by atoms with Crippen LogP contribution in [0, 0.1) is 0 Å². The molecule has 0 saturated heterocycles. The van der Waals surface area contributed by atoms with Crippen LogP contribution in [0.1, 0.15) is 19.4 Å². The first-order valence-electron chi connectivity index (χ1n) is 8.37. The molecule has 2 aromatic rings. The average Bonchev–Trinajstić information content (AvgIpc) is 2.67. The molecule has 136 valence electrons. The van der Waals surface area contributed by atoms with Gasteiger partial charge in [-0.05, 0) is 43.7 Å². The summed E-state index contributed by atoms with van der Waals surface area (Å²) in [4.78, 5) is 31.3. The maximum atomic E-state index is 12.9. The van der Waals surface area contributed by atoms with E-state index in [9.17, 15) is 9.59 Å². The topological polar surface area (TPSA) is 80.8 Å². The minimum absolute atomic E-state index is 0.258. The summed E-state index contributed by atoms with van der Waals surface area (Å²) >= 11 is 0. The van der Waals surface area contributed by atoms with E-state index < -0.39 is 17.4 Å². The van der Waals surface area contributed by atoms with Gasteiger partial charge in [-0.25, -0.2) is 4.98 Å². The van der Waals surface area contributed by atoms with Gasteiger partial charge in [0.2, 0.25) is 0 Å². The Bertz CT molecular complexity index is 839. The normalized spacial score (nSPS) is 18.7. The Balaban J connectivity index is 1.80. The molecule has 1 N–H and O–H groups in total. The summed E-state index contributed by atoms with van der Waals surface area (Å²) in [6.07, 6.45) is 1.59. The van der Waals surface area contributed by atoms with Gasteiger partial charge in [0, 0.05) is 19.3 Å². The van der Waals surface area contributed by atoms with Gasteiger partial charge in [0.1, 0.15) is 5.75 Å². The second-order valence-corrected chi connectivity index (χ2v) is 6.04. The van der Waals surface area contributed by atoms with Gasteiger partial charge in [-0.1, -0.05) is 12.1 Å². The van der Waals surface area contributed by atoms with Crippen molar-refractivity contribution in [2.75, 3.05) is 18.6 Å². The number of carbonyl (C=O) groups excluding carboxylic acids is 2. The van der Waals surface area contributed by atoms with Gasteiger partial charge in [-0.15, -0.1) is 0 Å². The van der Waals surface area contributed by atoms with E-state index in [-0.39, 0.29) is 6.54 Å². The first kappa shape index (κ1) is 17.7. The quantitative estimate of drug-likeness (QED) is 0.829. The van der Waals surface area contributed by atoms with Gasteiger partial charge in [-0.3, -0.25) is 14.5 Å². The number of rotatable bonds is 5. The van der Waals surface area contributed by atoms with Crippen LogP contribution in [0.2, 0.25) is 0 Å². The summed E-state index contributed by atoms with van der Waals surface area (Å²) in [7, 11) is 1.58. The highest BCUT2D eigenvalue weighted by Gasteiger charge is 2.50. The highest BCUT2D eigenvalue weighted by Crippen LogP contribution is 2.35. The molecule has 0 aliphatic carbocycles. The summed E-state index contributed by atoms with van der Waals surface area (Å²) < 4.78 is 10.9. The fourth-order valence-electron chi connectivity index (χ4n) is 2.85. The molecule has 0 fully saturated rings. The summed E-state index contributed by atoms with van der Waals surface area (Å²) in [6.45, 7) is 3.96. The lowest BCUT2D eigenvalue weighted by Crippen LogP contribution is -2.62. The highest BCUT2D eigenvalue weighted by molar-refractivity contribution is 6.16. The lowest BCUT2D eigenvalue weighted by molar-refractivity contribution is -0.148. The van der Waals surface area contributed by atoms with E-state index in [0.717, 1.165) is 5.56 Å². The number of methoxy groups -OCH3 is 1. The van der Waals surface area contributed by atoms with Gasteiger partial charge in [0.25, 0.3) is 17.4 Å². The number of hydrogen-bond acceptors (Lipinski definition) is 5. The molecule has 7 nitrogen and oxygen atoms in total. The minimum Gasteiger partial charge on any atom is -0.497 e. The zero-order valence-corrected chi connectivity index (χ0v) is 15.0. The molecule has 3 rings (SSSR count). The second kappa shape index (κ2) is 7.03. The van der Waals surface area contributed by atoms with Gasteiger partial charge in [0.05, 0.1) is 7.11 Å². The van der Waals surface area contributed by atoms with E-state index in [4.69, 9.17) is 9.47 Å². The van der Waals surface area contributed by atoms with Crippen molar-refractivity contribution in [2.45, 2.75) is 26.0 Å². The number of nitrogens with one attached hydrogen (secondary N) is 1. The van der Waals surface area contributed by atoms with Crippen LogP contribution >= 0.6 is 0 Å². The largest absolute Gasteiger partial charge is 0.497 e. The summed E-state index contributed by atoms with van der Waals surface area (Å²) in [6, 6.07) is 10.8. The number of likely N-dealkylation sites (N-methyl/N-ethyl adjacent to an activating group) is 1. The first-order valence-corrected chi connectivity index (χ1v) is 8.37. The van der Waals surface area contributed by atoms with Crippen molar-refractivity contribution in [1.29, 1.82) is 0 Å². The molecule has 2 amide bonds. The Kier molecular flexibility index (Phi) is 4.79. The Morgan fingerprint density at radius 2 is 2.15 bits per heavy atom.